The summed E-state index contributed by atoms with van der Waals surface area (Å²) in [5.74, 6) is -0.267. The molecule has 3 amide bonds. The van der Waals surface area contributed by atoms with E-state index < -0.39 is 17.1 Å². The standard InChI is InChI=1S/C22H21IN2O4S/c1-3-14(2)29-18-7-5-4-6-15(18)12-19-21(27)25(22(28)30-19)13-20(26)24-17-10-8-16(23)9-11-17/h4-12,14H,3,13H2,1-2H3,(H,24,26)/b19-12+/t14-/m1/s1. The van der Waals surface area contributed by atoms with Crippen LogP contribution in [0.3, 0.4) is 0 Å². The molecule has 6 nitrogen and oxygen atoms in total. The molecule has 1 saturated heterocycles. The van der Waals surface area contributed by atoms with E-state index in [9.17, 15) is 14.4 Å². The minimum absolute atomic E-state index is 0.0274. The first kappa shape index (κ1) is 22.4. The van der Waals surface area contributed by atoms with Crippen molar-refractivity contribution in [3.63, 3.8) is 0 Å². The van der Waals surface area contributed by atoms with Crippen LogP contribution >= 0.6 is 34.4 Å². The molecular weight excluding hydrogens is 515 g/mol. The van der Waals surface area contributed by atoms with E-state index in [1.54, 1.807) is 18.2 Å². The number of benzene rings is 2. The molecule has 0 bridgehead atoms. The van der Waals surface area contributed by atoms with Gasteiger partial charge in [-0.15, -0.1) is 0 Å². The second kappa shape index (κ2) is 10.1. The van der Waals surface area contributed by atoms with E-state index >= 15 is 0 Å². The zero-order chi connectivity index (χ0) is 21.7. The molecule has 3 rings (SSSR count). The van der Waals surface area contributed by atoms with Gasteiger partial charge in [0.1, 0.15) is 12.3 Å². The largest absolute Gasteiger partial charge is 0.490 e. The summed E-state index contributed by atoms with van der Waals surface area (Å²) in [4.78, 5) is 38.6. The predicted octanol–water partition coefficient (Wildman–Crippen LogP) is 5.14. The Morgan fingerprint density at radius 1 is 1.20 bits per heavy atom. The summed E-state index contributed by atoms with van der Waals surface area (Å²) in [6.07, 6.45) is 2.51. The highest BCUT2D eigenvalue weighted by Crippen LogP contribution is 2.34. The van der Waals surface area contributed by atoms with Gasteiger partial charge in [-0.05, 0) is 84.1 Å². The molecule has 1 heterocycles. The molecule has 1 atom stereocenters. The maximum absolute atomic E-state index is 12.7. The van der Waals surface area contributed by atoms with E-state index in [1.165, 1.54) is 0 Å². The molecule has 1 aliphatic rings. The molecule has 0 spiro atoms. The van der Waals surface area contributed by atoms with Crippen molar-refractivity contribution in [3.8, 4) is 5.75 Å². The zero-order valence-corrected chi connectivity index (χ0v) is 19.5. The maximum atomic E-state index is 12.7. The smallest absolute Gasteiger partial charge is 0.294 e. The number of imide groups is 1. The monoisotopic (exact) mass is 536 g/mol. The third-order valence-electron chi connectivity index (χ3n) is 4.41. The third-order valence-corrected chi connectivity index (χ3v) is 6.04. The van der Waals surface area contributed by atoms with Crippen LogP contribution in [-0.4, -0.2) is 34.6 Å². The normalized spacial score (nSPS) is 16.1. The lowest BCUT2D eigenvalue weighted by Gasteiger charge is -2.15. The molecule has 30 heavy (non-hydrogen) atoms. The molecule has 0 unspecified atom stereocenters. The first-order chi connectivity index (χ1) is 14.4. The average Bonchev–Trinajstić information content (AvgIpc) is 2.98. The summed E-state index contributed by atoms with van der Waals surface area (Å²) >= 11 is 2.99. The number of carbonyl (C=O) groups is 3. The Kier molecular flexibility index (Phi) is 7.54. The number of amides is 3. The molecule has 0 saturated carbocycles. The molecule has 2 aromatic carbocycles. The number of nitrogens with zero attached hydrogens (tertiary/aromatic N) is 1. The van der Waals surface area contributed by atoms with Crippen molar-refractivity contribution in [1.82, 2.24) is 4.90 Å². The number of carbonyl (C=O) groups excluding carboxylic acids is 3. The van der Waals surface area contributed by atoms with Crippen LogP contribution in [0.5, 0.6) is 5.75 Å². The molecule has 8 heteroatoms. The zero-order valence-electron chi connectivity index (χ0n) is 16.6. The van der Waals surface area contributed by atoms with Gasteiger partial charge < -0.3 is 10.1 Å². The van der Waals surface area contributed by atoms with Gasteiger partial charge in [0.15, 0.2) is 0 Å². The van der Waals surface area contributed by atoms with E-state index in [0.717, 1.165) is 26.7 Å². The van der Waals surface area contributed by atoms with Crippen LogP contribution in [0.1, 0.15) is 25.8 Å². The number of halogens is 1. The number of ether oxygens (including phenoxy) is 1. The van der Waals surface area contributed by atoms with Crippen molar-refractivity contribution in [2.75, 3.05) is 11.9 Å². The Balaban J connectivity index is 1.71. The molecule has 1 fully saturated rings. The van der Waals surface area contributed by atoms with E-state index in [0.29, 0.717) is 17.0 Å². The topological polar surface area (TPSA) is 75.7 Å². The van der Waals surface area contributed by atoms with Gasteiger partial charge in [-0.25, -0.2) is 0 Å². The Labute approximate surface area is 193 Å². The van der Waals surface area contributed by atoms with Crippen LogP contribution in [0.25, 0.3) is 6.08 Å². The molecular formula is C22H21IN2O4S. The quantitative estimate of drug-likeness (QED) is 0.392. The first-order valence-electron chi connectivity index (χ1n) is 9.44. The number of anilines is 1. The van der Waals surface area contributed by atoms with E-state index in [2.05, 4.69) is 27.9 Å². The van der Waals surface area contributed by atoms with Gasteiger partial charge in [0, 0.05) is 14.8 Å². The number of hydrogen-bond acceptors (Lipinski definition) is 5. The highest BCUT2D eigenvalue weighted by molar-refractivity contribution is 14.1. The SMILES string of the molecule is CC[C@@H](C)Oc1ccccc1/C=C1/SC(=O)N(CC(=O)Nc2ccc(I)cc2)C1=O. The van der Waals surface area contributed by atoms with Crippen LogP contribution in [-0.2, 0) is 9.59 Å². The summed E-state index contributed by atoms with van der Waals surface area (Å²) in [5, 5.41) is 2.23. The van der Waals surface area contributed by atoms with Gasteiger partial charge in [-0.3, -0.25) is 19.3 Å². The molecule has 0 aliphatic carbocycles. The lowest BCUT2D eigenvalue weighted by atomic mass is 10.1. The second-order valence-corrected chi connectivity index (χ2v) is 8.94. The highest BCUT2D eigenvalue weighted by atomic mass is 127. The van der Waals surface area contributed by atoms with Crippen LogP contribution in [0.2, 0.25) is 0 Å². The van der Waals surface area contributed by atoms with Crippen molar-refractivity contribution in [2.45, 2.75) is 26.4 Å². The molecule has 2 aromatic rings. The second-order valence-electron chi connectivity index (χ2n) is 6.70. The van der Waals surface area contributed by atoms with Crippen LogP contribution < -0.4 is 10.1 Å². The van der Waals surface area contributed by atoms with Crippen LogP contribution in [0, 0.1) is 3.57 Å². The van der Waals surface area contributed by atoms with Gasteiger partial charge in [0.05, 0.1) is 11.0 Å². The van der Waals surface area contributed by atoms with Gasteiger partial charge in [0.25, 0.3) is 11.1 Å². The summed E-state index contributed by atoms with van der Waals surface area (Å²) < 4.78 is 6.95. The minimum Gasteiger partial charge on any atom is -0.490 e. The van der Waals surface area contributed by atoms with Crippen molar-refractivity contribution in [1.29, 1.82) is 0 Å². The highest BCUT2D eigenvalue weighted by Gasteiger charge is 2.36. The van der Waals surface area contributed by atoms with Crippen LogP contribution in [0.4, 0.5) is 10.5 Å². The lowest BCUT2D eigenvalue weighted by Crippen LogP contribution is -2.36. The maximum Gasteiger partial charge on any atom is 0.294 e. The van der Waals surface area contributed by atoms with Gasteiger partial charge in [-0.2, -0.15) is 0 Å². The number of hydrogen-bond donors (Lipinski definition) is 1. The van der Waals surface area contributed by atoms with E-state index in [4.69, 9.17) is 4.74 Å². The van der Waals surface area contributed by atoms with Crippen molar-refractivity contribution in [3.05, 3.63) is 62.6 Å². The molecule has 0 aromatic heterocycles. The van der Waals surface area contributed by atoms with Gasteiger partial charge >= 0.3 is 0 Å². The van der Waals surface area contributed by atoms with Crippen molar-refractivity contribution >= 4 is 63.2 Å². The predicted molar refractivity (Wildman–Crippen MR) is 127 cm³/mol. The van der Waals surface area contributed by atoms with Gasteiger partial charge in [0.2, 0.25) is 5.91 Å². The fourth-order valence-electron chi connectivity index (χ4n) is 2.66. The first-order valence-corrected chi connectivity index (χ1v) is 11.3. The van der Waals surface area contributed by atoms with Crippen molar-refractivity contribution in [2.24, 2.45) is 0 Å². The Morgan fingerprint density at radius 3 is 2.60 bits per heavy atom. The fraction of sp³-hybridized carbons (Fsp3) is 0.227. The van der Waals surface area contributed by atoms with E-state index in [1.807, 2.05) is 50.2 Å². The third kappa shape index (κ3) is 5.63. The number of nitrogens with one attached hydrogen (secondary N) is 1. The summed E-state index contributed by atoms with van der Waals surface area (Å²) in [6, 6.07) is 14.6. The molecule has 156 valence electrons. The Morgan fingerprint density at radius 2 is 1.90 bits per heavy atom. The number of rotatable bonds is 7. The Bertz CT molecular complexity index is 991. The fourth-order valence-corrected chi connectivity index (χ4v) is 3.85. The molecule has 1 aliphatic heterocycles. The summed E-state index contributed by atoms with van der Waals surface area (Å²) in [5.41, 5.74) is 1.32. The van der Waals surface area contributed by atoms with E-state index in [-0.39, 0.29) is 17.6 Å². The average molecular weight is 536 g/mol. The number of thioether (sulfide) groups is 1. The lowest BCUT2D eigenvalue weighted by molar-refractivity contribution is -0.127. The van der Waals surface area contributed by atoms with Crippen LogP contribution in [0.15, 0.2) is 53.4 Å². The molecule has 0 radical (unpaired) electrons. The minimum atomic E-state index is -0.485. The van der Waals surface area contributed by atoms with Gasteiger partial charge in [-0.1, -0.05) is 25.1 Å². The summed E-state index contributed by atoms with van der Waals surface area (Å²) in [6.45, 7) is 3.66. The summed E-state index contributed by atoms with van der Waals surface area (Å²) in [7, 11) is 0. The van der Waals surface area contributed by atoms with Crippen molar-refractivity contribution < 1.29 is 19.1 Å². The number of para-hydroxylation sites is 1. The molecule has 1 N–H and O–H groups in total. The Hall–Kier alpha value is -2.33.